The predicted octanol–water partition coefficient (Wildman–Crippen LogP) is 4.86. The molecule has 0 saturated carbocycles. The quantitative estimate of drug-likeness (QED) is 0.596. The highest BCUT2D eigenvalue weighted by Gasteiger charge is 2.12. The second kappa shape index (κ2) is 8.57. The van der Waals surface area contributed by atoms with Crippen molar-refractivity contribution in [2.24, 2.45) is 0 Å². The van der Waals surface area contributed by atoms with Crippen LogP contribution in [0.5, 0.6) is 0 Å². The van der Waals surface area contributed by atoms with Gasteiger partial charge in [0.15, 0.2) is 0 Å². The average molecular weight is 375 g/mol. The Morgan fingerprint density at radius 2 is 1.46 bits per heavy atom. The summed E-state index contributed by atoms with van der Waals surface area (Å²) in [6, 6.07) is 20.9. The van der Waals surface area contributed by atoms with E-state index in [-0.39, 0.29) is 24.0 Å². The van der Waals surface area contributed by atoms with Crippen molar-refractivity contribution in [2.75, 3.05) is 5.32 Å². The van der Waals surface area contributed by atoms with Crippen molar-refractivity contribution in [3.63, 3.8) is 0 Å². The van der Waals surface area contributed by atoms with Gasteiger partial charge < -0.3 is 16.0 Å². The molecule has 0 heterocycles. The van der Waals surface area contributed by atoms with E-state index in [1.165, 1.54) is 5.39 Å². The zero-order valence-electron chi connectivity index (χ0n) is 16.3. The Kier molecular flexibility index (Phi) is 5.94. The van der Waals surface area contributed by atoms with E-state index in [2.05, 4.69) is 40.2 Å². The molecule has 3 N–H and O–H groups in total. The third kappa shape index (κ3) is 4.88. The number of carbonyl (C=O) groups is 2. The Morgan fingerprint density at radius 3 is 2.14 bits per heavy atom. The molecule has 3 amide bonds. The monoisotopic (exact) mass is 375 g/mol. The molecule has 0 aliphatic heterocycles. The number of fused-ring (bicyclic) bond motifs is 1. The van der Waals surface area contributed by atoms with Crippen LogP contribution in [-0.2, 0) is 0 Å². The van der Waals surface area contributed by atoms with Gasteiger partial charge in [0.25, 0.3) is 5.91 Å². The molecule has 0 saturated heterocycles. The minimum atomic E-state index is -0.267. The number of hydrogen-bond acceptors (Lipinski definition) is 2. The Balaban J connectivity index is 1.64. The molecule has 0 aliphatic rings. The Morgan fingerprint density at radius 1 is 0.786 bits per heavy atom. The summed E-state index contributed by atoms with van der Waals surface area (Å²) in [5, 5.41) is 10.8. The summed E-state index contributed by atoms with van der Waals surface area (Å²) >= 11 is 0. The normalized spacial score (nSPS) is 11.9. The molecule has 28 heavy (non-hydrogen) atoms. The van der Waals surface area contributed by atoms with Crippen molar-refractivity contribution in [1.29, 1.82) is 0 Å². The van der Waals surface area contributed by atoms with Gasteiger partial charge in [-0.2, -0.15) is 0 Å². The summed E-state index contributed by atoms with van der Waals surface area (Å²) in [5.74, 6) is -0.154. The summed E-state index contributed by atoms with van der Waals surface area (Å²) in [5.41, 5.74) is 2.23. The number of rotatable bonds is 5. The molecule has 5 heteroatoms. The summed E-state index contributed by atoms with van der Waals surface area (Å²) in [4.78, 5) is 24.3. The highest BCUT2D eigenvalue weighted by atomic mass is 16.2. The highest BCUT2D eigenvalue weighted by molar-refractivity contribution is 5.96. The van der Waals surface area contributed by atoms with Crippen LogP contribution < -0.4 is 16.0 Å². The minimum Gasteiger partial charge on any atom is -0.346 e. The van der Waals surface area contributed by atoms with Crippen molar-refractivity contribution in [1.82, 2.24) is 10.6 Å². The summed E-state index contributed by atoms with van der Waals surface area (Å²) < 4.78 is 0. The third-order valence-electron chi connectivity index (χ3n) is 4.45. The van der Waals surface area contributed by atoms with Gasteiger partial charge in [-0.15, -0.1) is 0 Å². The molecule has 0 bridgehead atoms. The third-order valence-corrected chi connectivity index (χ3v) is 4.45. The first-order valence-electron chi connectivity index (χ1n) is 9.39. The molecule has 3 aromatic rings. The van der Waals surface area contributed by atoms with E-state index < -0.39 is 0 Å². The van der Waals surface area contributed by atoms with Gasteiger partial charge in [-0.3, -0.25) is 4.79 Å². The van der Waals surface area contributed by atoms with Crippen LogP contribution in [0.3, 0.4) is 0 Å². The summed E-state index contributed by atoms with van der Waals surface area (Å²) in [7, 11) is 0. The summed E-state index contributed by atoms with van der Waals surface area (Å²) in [6.45, 7) is 5.75. The van der Waals surface area contributed by atoms with Gasteiger partial charge in [0.05, 0.1) is 6.04 Å². The van der Waals surface area contributed by atoms with Gasteiger partial charge >= 0.3 is 6.03 Å². The number of anilines is 1. The lowest BCUT2D eigenvalue weighted by atomic mass is 10.0. The molecule has 3 aromatic carbocycles. The molecular formula is C23H25N3O2. The van der Waals surface area contributed by atoms with Crippen LogP contribution in [-0.4, -0.2) is 18.0 Å². The van der Waals surface area contributed by atoms with Gasteiger partial charge in [0, 0.05) is 17.3 Å². The van der Waals surface area contributed by atoms with Gasteiger partial charge in [-0.25, -0.2) is 4.79 Å². The van der Waals surface area contributed by atoms with Crippen LogP contribution in [0.25, 0.3) is 10.8 Å². The van der Waals surface area contributed by atoms with Crippen LogP contribution in [0.4, 0.5) is 10.5 Å². The van der Waals surface area contributed by atoms with Crippen LogP contribution in [0.2, 0.25) is 0 Å². The van der Waals surface area contributed by atoms with E-state index in [0.29, 0.717) is 11.3 Å². The van der Waals surface area contributed by atoms with Gasteiger partial charge in [-0.05, 0) is 67.4 Å². The van der Waals surface area contributed by atoms with Crippen molar-refractivity contribution < 1.29 is 9.59 Å². The number of amides is 3. The van der Waals surface area contributed by atoms with E-state index in [9.17, 15) is 9.59 Å². The molecule has 1 unspecified atom stereocenters. The Labute approximate surface area is 165 Å². The predicted molar refractivity (Wildman–Crippen MR) is 114 cm³/mol. The average Bonchev–Trinajstić information content (AvgIpc) is 2.67. The fraction of sp³-hybridized carbons (Fsp3) is 0.217. The van der Waals surface area contributed by atoms with Gasteiger partial charge in [-0.1, -0.05) is 36.4 Å². The topological polar surface area (TPSA) is 70.2 Å². The van der Waals surface area contributed by atoms with Crippen molar-refractivity contribution >= 4 is 28.4 Å². The van der Waals surface area contributed by atoms with Crippen molar-refractivity contribution in [3.05, 3.63) is 77.9 Å². The molecule has 1 atom stereocenters. The summed E-state index contributed by atoms with van der Waals surface area (Å²) in [6.07, 6.45) is 0. The maximum atomic E-state index is 12.6. The SMILES string of the molecule is CC(C)NC(=O)Nc1ccc(C(=O)NC(C)c2ccc3ccccc3c2)cc1. The van der Waals surface area contributed by atoms with Crippen LogP contribution >= 0.6 is 0 Å². The van der Waals surface area contributed by atoms with Crippen molar-refractivity contribution in [3.8, 4) is 0 Å². The van der Waals surface area contributed by atoms with E-state index in [4.69, 9.17) is 0 Å². The lowest BCUT2D eigenvalue weighted by molar-refractivity contribution is 0.0940. The van der Waals surface area contributed by atoms with E-state index in [1.54, 1.807) is 24.3 Å². The number of nitrogens with one attached hydrogen (secondary N) is 3. The molecule has 5 nitrogen and oxygen atoms in total. The second-order valence-electron chi connectivity index (χ2n) is 7.13. The van der Waals surface area contributed by atoms with Gasteiger partial charge in [0.2, 0.25) is 0 Å². The Hall–Kier alpha value is -3.34. The first kappa shape index (κ1) is 19.4. The van der Waals surface area contributed by atoms with Crippen LogP contribution in [0, 0.1) is 0 Å². The molecule has 3 rings (SSSR count). The number of urea groups is 1. The molecule has 0 radical (unpaired) electrons. The lowest BCUT2D eigenvalue weighted by Crippen LogP contribution is -2.34. The second-order valence-corrected chi connectivity index (χ2v) is 7.13. The molecule has 0 fully saturated rings. The highest BCUT2D eigenvalue weighted by Crippen LogP contribution is 2.20. The molecule has 0 aromatic heterocycles. The standard InChI is InChI=1S/C23H25N3O2/c1-15(2)24-23(28)26-21-12-10-18(11-13-21)22(27)25-16(3)19-9-8-17-6-4-5-7-20(17)14-19/h4-16H,1-3H3,(H,25,27)(H2,24,26,28). The molecule has 0 aliphatic carbocycles. The number of carbonyl (C=O) groups excluding carboxylic acids is 2. The first-order valence-corrected chi connectivity index (χ1v) is 9.39. The number of hydrogen-bond donors (Lipinski definition) is 3. The van der Waals surface area contributed by atoms with Crippen LogP contribution in [0.1, 0.15) is 42.7 Å². The van der Waals surface area contributed by atoms with E-state index >= 15 is 0 Å². The molecule has 144 valence electrons. The molecular weight excluding hydrogens is 350 g/mol. The van der Waals surface area contributed by atoms with Crippen LogP contribution in [0.15, 0.2) is 66.7 Å². The minimum absolute atomic E-state index is 0.0571. The largest absolute Gasteiger partial charge is 0.346 e. The maximum absolute atomic E-state index is 12.6. The Bertz CT molecular complexity index is 981. The smallest absolute Gasteiger partial charge is 0.319 e. The molecule has 0 spiro atoms. The fourth-order valence-electron chi connectivity index (χ4n) is 2.97. The zero-order chi connectivity index (χ0) is 20.1. The van der Waals surface area contributed by atoms with E-state index in [0.717, 1.165) is 10.9 Å². The maximum Gasteiger partial charge on any atom is 0.319 e. The van der Waals surface area contributed by atoms with E-state index in [1.807, 2.05) is 39.0 Å². The first-order chi connectivity index (χ1) is 13.4. The lowest BCUT2D eigenvalue weighted by Gasteiger charge is -2.15. The zero-order valence-corrected chi connectivity index (χ0v) is 16.3. The fourth-order valence-corrected chi connectivity index (χ4v) is 2.97. The van der Waals surface area contributed by atoms with Crippen molar-refractivity contribution in [2.45, 2.75) is 32.9 Å². The number of benzene rings is 3. The van der Waals surface area contributed by atoms with Gasteiger partial charge in [0.1, 0.15) is 0 Å².